The number of halogens is 2. The number of carbonyl (C=O) groups is 1. The highest BCUT2D eigenvalue weighted by atomic mass is 19.2. The Morgan fingerprint density at radius 1 is 1.50 bits per heavy atom. The third-order valence-electron chi connectivity index (χ3n) is 0.490. The van der Waals surface area contributed by atoms with Crippen molar-refractivity contribution in [2.75, 3.05) is 0 Å². The molecule has 0 heterocycles. The van der Waals surface area contributed by atoms with Gasteiger partial charge in [0.15, 0.2) is 0 Å². The fourth-order valence-electron chi connectivity index (χ4n) is 0.147. The van der Waals surface area contributed by atoms with Crippen molar-refractivity contribution in [2.24, 2.45) is 0 Å². The third-order valence-corrected chi connectivity index (χ3v) is 0.490. The Labute approximate surface area is 44.4 Å². The number of carboxylic acids is 1. The van der Waals surface area contributed by atoms with E-state index in [9.17, 15) is 13.6 Å². The first-order chi connectivity index (χ1) is 3.55. The van der Waals surface area contributed by atoms with Crippen molar-refractivity contribution in [3.63, 3.8) is 0 Å². The second-order valence-corrected chi connectivity index (χ2v) is 1.15. The molecule has 0 aliphatic rings. The van der Waals surface area contributed by atoms with E-state index in [4.69, 9.17) is 5.11 Å². The standard InChI is InChI=1S/C4H4F2O2/c1-2(5)3(6)4(7)8/h1H3,(H,7,8). The zero-order valence-electron chi connectivity index (χ0n) is 4.11. The fraction of sp³-hybridized carbons (Fsp3) is 0.250. The SMILES string of the molecule is CC(F)=C(F)C(=O)O. The largest absolute Gasteiger partial charge is 0.476 e. The number of hydrogen-bond donors (Lipinski definition) is 1. The molecule has 46 valence electrons. The Morgan fingerprint density at radius 2 is 1.88 bits per heavy atom. The lowest BCUT2D eigenvalue weighted by atomic mass is 10.5. The molecule has 0 atom stereocenters. The molecular weight excluding hydrogens is 118 g/mol. The second kappa shape index (κ2) is 2.40. The van der Waals surface area contributed by atoms with Crippen LogP contribution in [0.2, 0.25) is 0 Å². The smallest absolute Gasteiger partial charge is 0.367 e. The molecule has 0 saturated heterocycles. The van der Waals surface area contributed by atoms with E-state index in [1.807, 2.05) is 0 Å². The van der Waals surface area contributed by atoms with Crippen LogP contribution in [0.3, 0.4) is 0 Å². The quantitative estimate of drug-likeness (QED) is 0.531. The van der Waals surface area contributed by atoms with Gasteiger partial charge in [-0.15, -0.1) is 0 Å². The normalized spacial score (nSPS) is 12.9. The summed E-state index contributed by atoms with van der Waals surface area (Å²) in [5.41, 5.74) is 0. The minimum absolute atomic E-state index is 0.740. The molecule has 0 aromatic rings. The van der Waals surface area contributed by atoms with Crippen molar-refractivity contribution in [1.29, 1.82) is 0 Å². The lowest BCUT2D eigenvalue weighted by Gasteiger charge is -1.84. The monoisotopic (exact) mass is 122 g/mol. The maximum absolute atomic E-state index is 11.6. The number of allylic oxidation sites excluding steroid dienone is 1. The second-order valence-electron chi connectivity index (χ2n) is 1.15. The molecule has 4 heteroatoms. The van der Waals surface area contributed by atoms with Crippen LogP contribution in [0.1, 0.15) is 6.92 Å². The molecule has 0 aromatic heterocycles. The highest BCUT2D eigenvalue weighted by Gasteiger charge is 2.08. The predicted octanol–water partition coefficient (Wildman–Crippen LogP) is 1.24. The van der Waals surface area contributed by atoms with E-state index in [1.54, 1.807) is 0 Å². The number of carboxylic acid groups (broad SMARTS) is 1. The average molecular weight is 122 g/mol. The molecule has 0 radical (unpaired) electrons. The van der Waals surface area contributed by atoms with Gasteiger partial charge in [0.25, 0.3) is 0 Å². The molecule has 0 unspecified atom stereocenters. The van der Waals surface area contributed by atoms with Gasteiger partial charge in [0.2, 0.25) is 5.83 Å². The Bertz CT molecular complexity index is 135. The highest BCUT2D eigenvalue weighted by molar-refractivity contribution is 5.84. The van der Waals surface area contributed by atoms with E-state index < -0.39 is 17.6 Å². The molecule has 0 aromatic carbocycles. The zero-order valence-corrected chi connectivity index (χ0v) is 4.11. The van der Waals surface area contributed by atoms with Crippen molar-refractivity contribution in [3.8, 4) is 0 Å². The van der Waals surface area contributed by atoms with Gasteiger partial charge in [0.05, 0.1) is 0 Å². The Kier molecular flexibility index (Phi) is 2.12. The van der Waals surface area contributed by atoms with Crippen molar-refractivity contribution in [2.45, 2.75) is 6.92 Å². The summed E-state index contributed by atoms with van der Waals surface area (Å²) in [6.07, 6.45) is 0. The average Bonchev–Trinajstić information content (AvgIpc) is 1.64. The van der Waals surface area contributed by atoms with Crippen LogP contribution in [0.25, 0.3) is 0 Å². The van der Waals surface area contributed by atoms with Gasteiger partial charge in [-0.1, -0.05) is 0 Å². The summed E-state index contributed by atoms with van der Waals surface area (Å²) in [6.45, 7) is 0.740. The molecule has 8 heavy (non-hydrogen) atoms. The van der Waals surface area contributed by atoms with Crippen molar-refractivity contribution in [3.05, 3.63) is 11.7 Å². The molecule has 0 bridgehead atoms. The lowest BCUT2D eigenvalue weighted by Crippen LogP contribution is -1.95. The van der Waals surface area contributed by atoms with Crippen molar-refractivity contribution in [1.82, 2.24) is 0 Å². The summed E-state index contributed by atoms with van der Waals surface area (Å²) < 4.78 is 23.0. The number of rotatable bonds is 1. The molecule has 2 nitrogen and oxygen atoms in total. The van der Waals surface area contributed by atoms with Crippen LogP contribution in [0.5, 0.6) is 0 Å². The van der Waals surface area contributed by atoms with Crippen LogP contribution in [0, 0.1) is 0 Å². The maximum atomic E-state index is 11.6. The molecule has 1 N–H and O–H groups in total. The van der Waals surface area contributed by atoms with Crippen LogP contribution in [-0.4, -0.2) is 11.1 Å². The van der Waals surface area contributed by atoms with Gasteiger partial charge in [-0.2, -0.15) is 4.39 Å². The summed E-state index contributed by atoms with van der Waals surface area (Å²) in [7, 11) is 0. The van der Waals surface area contributed by atoms with Gasteiger partial charge in [-0.25, -0.2) is 9.18 Å². The summed E-state index contributed by atoms with van der Waals surface area (Å²) in [5, 5.41) is 7.68. The Hall–Kier alpha value is -0.930. The Balaban J connectivity index is 4.23. The Morgan fingerprint density at radius 3 is 1.88 bits per heavy atom. The van der Waals surface area contributed by atoms with E-state index in [0.717, 1.165) is 6.92 Å². The van der Waals surface area contributed by atoms with Crippen LogP contribution in [0.15, 0.2) is 11.7 Å². The van der Waals surface area contributed by atoms with Gasteiger partial charge < -0.3 is 5.11 Å². The summed E-state index contributed by atoms with van der Waals surface area (Å²) in [6, 6.07) is 0. The maximum Gasteiger partial charge on any atom is 0.367 e. The van der Waals surface area contributed by atoms with Gasteiger partial charge >= 0.3 is 5.97 Å². The predicted molar refractivity (Wildman–Crippen MR) is 22.6 cm³/mol. The molecular formula is C4H4F2O2. The van der Waals surface area contributed by atoms with E-state index in [-0.39, 0.29) is 0 Å². The van der Waals surface area contributed by atoms with E-state index in [1.165, 1.54) is 0 Å². The molecule has 0 rings (SSSR count). The number of aliphatic carboxylic acids is 1. The van der Waals surface area contributed by atoms with Gasteiger partial charge in [0.1, 0.15) is 5.83 Å². The van der Waals surface area contributed by atoms with Crippen molar-refractivity contribution < 1.29 is 18.7 Å². The first-order valence-corrected chi connectivity index (χ1v) is 1.81. The van der Waals surface area contributed by atoms with Gasteiger partial charge in [0, 0.05) is 0 Å². The van der Waals surface area contributed by atoms with E-state index in [0.29, 0.717) is 0 Å². The molecule has 0 fully saturated rings. The summed E-state index contributed by atoms with van der Waals surface area (Å²) >= 11 is 0. The minimum atomic E-state index is -1.87. The van der Waals surface area contributed by atoms with Crippen LogP contribution >= 0.6 is 0 Å². The van der Waals surface area contributed by atoms with Crippen molar-refractivity contribution >= 4 is 5.97 Å². The molecule has 0 aliphatic heterocycles. The first kappa shape index (κ1) is 7.07. The fourth-order valence-corrected chi connectivity index (χ4v) is 0.147. The van der Waals surface area contributed by atoms with Gasteiger partial charge in [-0.05, 0) is 6.92 Å². The first-order valence-electron chi connectivity index (χ1n) is 1.81. The van der Waals surface area contributed by atoms with Crippen LogP contribution in [-0.2, 0) is 4.79 Å². The van der Waals surface area contributed by atoms with Gasteiger partial charge in [-0.3, -0.25) is 0 Å². The zero-order chi connectivity index (χ0) is 6.73. The van der Waals surface area contributed by atoms with Crippen LogP contribution in [0.4, 0.5) is 8.78 Å². The number of hydrogen-bond acceptors (Lipinski definition) is 1. The van der Waals surface area contributed by atoms with Crippen LogP contribution < -0.4 is 0 Å². The third kappa shape index (κ3) is 1.68. The molecule has 0 aliphatic carbocycles. The molecule has 0 spiro atoms. The molecule has 0 saturated carbocycles. The van der Waals surface area contributed by atoms with E-state index >= 15 is 0 Å². The highest BCUT2D eigenvalue weighted by Crippen LogP contribution is 2.05. The molecule has 0 amide bonds. The minimum Gasteiger partial charge on any atom is -0.476 e. The topological polar surface area (TPSA) is 37.3 Å². The summed E-state index contributed by atoms with van der Waals surface area (Å²) in [5.74, 6) is -4.91. The lowest BCUT2D eigenvalue weighted by molar-refractivity contribution is -0.134. The summed E-state index contributed by atoms with van der Waals surface area (Å²) in [4.78, 5) is 9.47. The van der Waals surface area contributed by atoms with E-state index in [2.05, 4.69) is 0 Å².